The monoisotopic (exact) mass is 299 g/mol. The Balaban J connectivity index is 2.24. The molecule has 0 saturated heterocycles. The predicted octanol–water partition coefficient (Wildman–Crippen LogP) is 1.70. The predicted molar refractivity (Wildman–Crippen MR) is 71.2 cm³/mol. The number of rotatable bonds is 4. The van der Waals surface area contributed by atoms with E-state index in [4.69, 9.17) is 21.1 Å². The molecule has 1 aromatic rings. The molecule has 0 aromatic heterocycles. The smallest absolute Gasteiger partial charge is 0.325 e. The lowest BCUT2D eigenvalue weighted by atomic mass is 10.1. The summed E-state index contributed by atoms with van der Waals surface area (Å²) in [4.78, 5) is 25.0. The largest absolute Gasteiger partial charge is 0.468 e. The Hall–Kier alpha value is -1.95. The van der Waals surface area contributed by atoms with E-state index in [-0.39, 0.29) is 19.2 Å². The minimum Gasteiger partial charge on any atom is -0.468 e. The van der Waals surface area contributed by atoms with Gasteiger partial charge < -0.3 is 19.1 Å². The summed E-state index contributed by atoms with van der Waals surface area (Å²) in [5.74, 6) is 0.0549. The van der Waals surface area contributed by atoms with Gasteiger partial charge in [-0.2, -0.15) is 0 Å². The molecule has 0 N–H and O–H groups in total. The third-order valence-electron chi connectivity index (χ3n) is 2.89. The van der Waals surface area contributed by atoms with Crippen molar-refractivity contribution in [2.75, 3.05) is 27.0 Å². The molecule has 0 spiro atoms. The second kappa shape index (κ2) is 6.00. The summed E-state index contributed by atoms with van der Waals surface area (Å²) in [6.07, 6.45) is 0. The standard InChI is InChI=1S/C13H14ClNO5/c1-3-15(6-11(16)18-2)13(17)8-4-9(14)12-10(5-8)19-7-20-12/h4-5H,3,6-7H2,1-2H3. The third kappa shape index (κ3) is 2.80. The number of methoxy groups -OCH3 is 1. The Labute approximate surface area is 121 Å². The van der Waals surface area contributed by atoms with Crippen LogP contribution >= 0.6 is 11.6 Å². The van der Waals surface area contributed by atoms with E-state index in [0.29, 0.717) is 28.6 Å². The van der Waals surface area contributed by atoms with Gasteiger partial charge in [-0.15, -0.1) is 0 Å². The average molecular weight is 300 g/mol. The highest BCUT2D eigenvalue weighted by Crippen LogP contribution is 2.39. The molecule has 0 aliphatic carbocycles. The van der Waals surface area contributed by atoms with Crippen LogP contribution in [0, 0.1) is 0 Å². The molecular formula is C13H14ClNO5. The van der Waals surface area contributed by atoms with Gasteiger partial charge in [0.2, 0.25) is 6.79 Å². The van der Waals surface area contributed by atoms with Gasteiger partial charge in [0.1, 0.15) is 6.54 Å². The van der Waals surface area contributed by atoms with E-state index in [1.165, 1.54) is 18.1 Å². The van der Waals surface area contributed by atoms with Gasteiger partial charge in [0.25, 0.3) is 5.91 Å². The second-order valence-electron chi connectivity index (χ2n) is 4.09. The molecule has 0 unspecified atom stereocenters. The Kier molecular flexibility index (Phi) is 4.34. The van der Waals surface area contributed by atoms with Crippen molar-refractivity contribution in [3.05, 3.63) is 22.7 Å². The zero-order valence-corrected chi connectivity index (χ0v) is 11.9. The molecule has 0 saturated carbocycles. The summed E-state index contributed by atoms with van der Waals surface area (Å²) in [5.41, 5.74) is 0.338. The van der Waals surface area contributed by atoms with Crippen LogP contribution in [0.15, 0.2) is 12.1 Å². The summed E-state index contributed by atoms with van der Waals surface area (Å²) in [6, 6.07) is 3.05. The summed E-state index contributed by atoms with van der Waals surface area (Å²) in [7, 11) is 1.28. The lowest BCUT2D eigenvalue weighted by Gasteiger charge is -2.19. The van der Waals surface area contributed by atoms with Crippen LogP contribution in [0.4, 0.5) is 0 Å². The quantitative estimate of drug-likeness (QED) is 0.792. The number of amides is 1. The maximum Gasteiger partial charge on any atom is 0.325 e. The molecule has 20 heavy (non-hydrogen) atoms. The fourth-order valence-corrected chi connectivity index (χ4v) is 2.09. The van der Waals surface area contributed by atoms with Gasteiger partial charge in [-0.3, -0.25) is 9.59 Å². The maximum absolute atomic E-state index is 12.3. The molecule has 1 aliphatic rings. The second-order valence-corrected chi connectivity index (χ2v) is 4.49. The molecule has 2 rings (SSSR count). The number of hydrogen-bond donors (Lipinski definition) is 0. The highest BCUT2D eigenvalue weighted by Gasteiger charge is 2.23. The van der Waals surface area contributed by atoms with Gasteiger partial charge in [-0.05, 0) is 19.1 Å². The van der Waals surface area contributed by atoms with Crippen molar-refractivity contribution in [1.29, 1.82) is 0 Å². The summed E-state index contributed by atoms with van der Waals surface area (Å²) >= 11 is 6.03. The molecular weight excluding hydrogens is 286 g/mol. The zero-order chi connectivity index (χ0) is 14.7. The molecule has 108 valence electrons. The highest BCUT2D eigenvalue weighted by atomic mass is 35.5. The van der Waals surface area contributed by atoms with E-state index in [1.807, 2.05) is 0 Å². The van der Waals surface area contributed by atoms with E-state index in [0.717, 1.165) is 0 Å². The first kappa shape index (κ1) is 14.5. The van der Waals surface area contributed by atoms with Gasteiger partial charge in [0.05, 0.1) is 12.1 Å². The van der Waals surface area contributed by atoms with Gasteiger partial charge in [-0.1, -0.05) is 11.6 Å². The van der Waals surface area contributed by atoms with Gasteiger partial charge in [0.15, 0.2) is 11.5 Å². The zero-order valence-electron chi connectivity index (χ0n) is 11.1. The average Bonchev–Trinajstić information content (AvgIpc) is 2.92. The molecule has 6 nitrogen and oxygen atoms in total. The van der Waals surface area contributed by atoms with Gasteiger partial charge >= 0.3 is 5.97 Å². The summed E-state index contributed by atoms with van der Waals surface area (Å²) in [6.45, 7) is 2.11. The lowest BCUT2D eigenvalue weighted by Crippen LogP contribution is -2.36. The highest BCUT2D eigenvalue weighted by molar-refractivity contribution is 6.32. The SMILES string of the molecule is CCN(CC(=O)OC)C(=O)c1cc(Cl)c2c(c1)OCO2. The van der Waals surface area contributed by atoms with Crippen LogP contribution < -0.4 is 9.47 Å². The van der Waals surface area contributed by atoms with E-state index in [9.17, 15) is 9.59 Å². The number of esters is 1. The molecule has 1 aromatic carbocycles. The van der Waals surface area contributed by atoms with Crippen LogP contribution in [0.5, 0.6) is 11.5 Å². The molecule has 0 atom stereocenters. The number of likely N-dealkylation sites (N-methyl/N-ethyl adjacent to an activating group) is 1. The Morgan fingerprint density at radius 1 is 1.40 bits per heavy atom. The number of benzene rings is 1. The van der Waals surface area contributed by atoms with Crippen molar-refractivity contribution in [2.24, 2.45) is 0 Å². The summed E-state index contributed by atoms with van der Waals surface area (Å²) < 4.78 is 15.0. The molecule has 0 radical (unpaired) electrons. The molecule has 7 heteroatoms. The first-order valence-corrected chi connectivity index (χ1v) is 6.39. The number of hydrogen-bond acceptors (Lipinski definition) is 5. The van der Waals surface area contributed by atoms with Crippen molar-refractivity contribution in [2.45, 2.75) is 6.92 Å². The number of carbonyl (C=O) groups is 2. The molecule has 1 aliphatic heterocycles. The van der Waals surface area contributed by atoms with Crippen molar-refractivity contribution in [1.82, 2.24) is 4.90 Å². The van der Waals surface area contributed by atoms with E-state index < -0.39 is 5.97 Å². The fraction of sp³-hybridized carbons (Fsp3) is 0.385. The number of ether oxygens (including phenoxy) is 3. The normalized spacial score (nSPS) is 12.2. The number of carbonyl (C=O) groups excluding carboxylic acids is 2. The van der Waals surface area contributed by atoms with Crippen molar-refractivity contribution in [3.63, 3.8) is 0 Å². The maximum atomic E-state index is 12.3. The van der Waals surface area contributed by atoms with Crippen LogP contribution in [-0.4, -0.2) is 43.8 Å². The third-order valence-corrected chi connectivity index (χ3v) is 3.17. The minimum atomic E-state index is -0.480. The van der Waals surface area contributed by atoms with Crippen LogP contribution in [0.3, 0.4) is 0 Å². The molecule has 1 amide bonds. The Morgan fingerprint density at radius 2 is 2.15 bits per heavy atom. The van der Waals surface area contributed by atoms with E-state index in [2.05, 4.69) is 4.74 Å². The number of halogens is 1. The first-order valence-electron chi connectivity index (χ1n) is 6.02. The van der Waals surface area contributed by atoms with Crippen LogP contribution in [0.25, 0.3) is 0 Å². The van der Waals surface area contributed by atoms with Crippen molar-refractivity contribution in [3.8, 4) is 11.5 Å². The first-order chi connectivity index (χ1) is 9.56. The molecule has 0 fully saturated rings. The van der Waals surface area contributed by atoms with E-state index >= 15 is 0 Å². The van der Waals surface area contributed by atoms with Gasteiger partial charge in [0, 0.05) is 12.1 Å². The molecule has 0 bridgehead atoms. The number of nitrogens with zero attached hydrogens (tertiary/aromatic N) is 1. The fourth-order valence-electron chi connectivity index (χ4n) is 1.82. The number of fused-ring (bicyclic) bond motifs is 1. The summed E-state index contributed by atoms with van der Waals surface area (Å²) in [5, 5.41) is 0.303. The lowest BCUT2D eigenvalue weighted by molar-refractivity contribution is -0.141. The van der Waals surface area contributed by atoms with Crippen LogP contribution in [-0.2, 0) is 9.53 Å². The topological polar surface area (TPSA) is 65.1 Å². The minimum absolute atomic E-state index is 0.0757. The molecule has 1 heterocycles. The van der Waals surface area contributed by atoms with Crippen LogP contribution in [0.2, 0.25) is 5.02 Å². The van der Waals surface area contributed by atoms with E-state index in [1.54, 1.807) is 13.0 Å². The van der Waals surface area contributed by atoms with Crippen LogP contribution in [0.1, 0.15) is 17.3 Å². The van der Waals surface area contributed by atoms with Gasteiger partial charge in [-0.25, -0.2) is 0 Å². The Bertz CT molecular complexity index is 546. The van der Waals surface area contributed by atoms with Crippen molar-refractivity contribution < 1.29 is 23.8 Å². The Morgan fingerprint density at radius 3 is 2.80 bits per heavy atom. The van der Waals surface area contributed by atoms with Crippen molar-refractivity contribution >= 4 is 23.5 Å².